The van der Waals surface area contributed by atoms with Crippen LogP contribution in [0.5, 0.6) is 0 Å². The van der Waals surface area contributed by atoms with E-state index < -0.39 is 0 Å². The van der Waals surface area contributed by atoms with Crippen LogP contribution < -0.4 is 5.32 Å². The standard InChI is InChI=1S/C13H20N4O4/c1-8-7-20-9(6-18)5-17(8)13(19)11-15-12(21-16-11)10-3-2-4-14-10/h8-10,14,18H,2-7H2,1H3. The molecular formula is C13H20N4O4. The van der Waals surface area contributed by atoms with Crippen LogP contribution in [0.15, 0.2) is 4.52 Å². The van der Waals surface area contributed by atoms with Crippen molar-refractivity contribution in [3.05, 3.63) is 11.7 Å². The van der Waals surface area contributed by atoms with Crippen LogP contribution in [0, 0.1) is 0 Å². The van der Waals surface area contributed by atoms with Crippen molar-refractivity contribution in [1.29, 1.82) is 0 Å². The molecule has 2 saturated heterocycles. The molecule has 2 aliphatic heterocycles. The van der Waals surface area contributed by atoms with Crippen LogP contribution in [0.2, 0.25) is 0 Å². The maximum Gasteiger partial charge on any atom is 0.295 e. The van der Waals surface area contributed by atoms with Crippen molar-refractivity contribution < 1.29 is 19.2 Å². The second-order valence-corrected chi connectivity index (χ2v) is 5.55. The third-order valence-corrected chi connectivity index (χ3v) is 3.96. The minimum Gasteiger partial charge on any atom is -0.394 e. The van der Waals surface area contributed by atoms with Crippen molar-refractivity contribution in [2.45, 2.75) is 38.0 Å². The molecule has 3 atom stereocenters. The first-order chi connectivity index (χ1) is 10.2. The van der Waals surface area contributed by atoms with Crippen LogP contribution >= 0.6 is 0 Å². The number of carbonyl (C=O) groups is 1. The predicted octanol–water partition coefficient (Wildman–Crippen LogP) is -0.284. The third kappa shape index (κ3) is 2.92. The number of aromatic nitrogens is 2. The zero-order chi connectivity index (χ0) is 14.8. The van der Waals surface area contributed by atoms with Gasteiger partial charge >= 0.3 is 0 Å². The molecule has 21 heavy (non-hydrogen) atoms. The Morgan fingerprint density at radius 3 is 3.14 bits per heavy atom. The van der Waals surface area contributed by atoms with Crippen molar-refractivity contribution >= 4 is 5.91 Å². The summed E-state index contributed by atoms with van der Waals surface area (Å²) in [6.45, 7) is 3.44. The van der Waals surface area contributed by atoms with E-state index in [1.807, 2.05) is 6.92 Å². The summed E-state index contributed by atoms with van der Waals surface area (Å²) in [4.78, 5) is 18.3. The van der Waals surface area contributed by atoms with E-state index in [1.54, 1.807) is 4.90 Å². The van der Waals surface area contributed by atoms with E-state index >= 15 is 0 Å². The van der Waals surface area contributed by atoms with Gasteiger partial charge in [0.2, 0.25) is 5.89 Å². The number of hydrogen-bond donors (Lipinski definition) is 2. The molecule has 0 aliphatic carbocycles. The molecule has 2 N–H and O–H groups in total. The van der Waals surface area contributed by atoms with E-state index in [2.05, 4.69) is 15.5 Å². The Morgan fingerprint density at radius 1 is 1.57 bits per heavy atom. The summed E-state index contributed by atoms with van der Waals surface area (Å²) >= 11 is 0. The zero-order valence-corrected chi connectivity index (χ0v) is 12.0. The van der Waals surface area contributed by atoms with Crippen LogP contribution in [0.4, 0.5) is 0 Å². The molecule has 3 unspecified atom stereocenters. The average molecular weight is 296 g/mol. The molecule has 0 aromatic carbocycles. The molecule has 0 radical (unpaired) electrons. The fourth-order valence-corrected chi connectivity index (χ4v) is 2.70. The van der Waals surface area contributed by atoms with Gasteiger partial charge in [0.25, 0.3) is 11.7 Å². The molecule has 116 valence electrons. The SMILES string of the molecule is CC1COC(CO)CN1C(=O)c1noc(C2CCCN2)n1. The zero-order valence-electron chi connectivity index (χ0n) is 12.0. The molecule has 0 bridgehead atoms. The van der Waals surface area contributed by atoms with Crippen molar-refractivity contribution in [1.82, 2.24) is 20.4 Å². The van der Waals surface area contributed by atoms with Gasteiger partial charge in [-0.05, 0) is 26.3 Å². The number of aliphatic hydroxyl groups excluding tert-OH is 1. The summed E-state index contributed by atoms with van der Waals surface area (Å²) in [6.07, 6.45) is 1.65. The molecule has 1 aromatic rings. The molecule has 1 aromatic heterocycles. The van der Waals surface area contributed by atoms with Gasteiger partial charge in [0.1, 0.15) is 0 Å². The lowest BCUT2D eigenvalue weighted by Crippen LogP contribution is -2.52. The molecular weight excluding hydrogens is 276 g/mol. The largest absolute Gasteiger partial charge is 0.394 e. The number of nitrogens with zero attached hydrogens (tertiary/aromatic N) is 3. The number of hydrogen-bond acceptors (Lipinski definition) is 7. The maximum atomic E-state index is 12.5. The molecule has 1 amide bonds. The predicted molar refractivity (Wildman–Crippen MR) is 71.6 cm³/mol. The monoisotopic (exact) mass is 296 g/mol. The van der Waals surface area contributed by atoms with Gasteiger partial charge in [-0.2, -0.15) is 4.98 Å². The Labute approximate surface area is 122 Å². The minimum absolute atomic E-state index is 0.0475. The smallest absolute Gasteiger partial charge is 0.295 e. The molecule has 2 fully saturated rings. The highest BCUT2D eigenvalue weighted by Gasteiger charge is 2.33. The van der Waals surface area contributed by atoms with E-state index in [0.717, 1.165) is 19.4 Å². The highest BCUT2D eigenvalue weighted by atomic mass is 16.5. The lowest BCUT2D eigenvalue weighted by atomic mass is 10.2. The number of aliphatic hydroxyl groups is 1. The van der Waals surface area contributed by atoms with Crippen LogP contribution in [0.1, 0.15) is 42.3 Å². The third-order valence-electron chi connectivity index (χ3n) is 3.96. The van der Waals surface area contributed by atoms with Crippen LogP contribution in [0.3, 0.4) is 0 Å². The number of carbonyl (C=O) groups excluding carboxylic acids is 1. The van der Waals surface area contributed by atoms with Crippen molar-refractivity contribution in [3.63, 3.8) is 0 Å². The van der Waals surface area contributed by atoms with Crippen LogP contribution in [-0.2, 0) is 4.74 Å². The number of rotatable bonds is 3. The maximum absolute atomic E-state index is 12.5. The summed E-state index contributed by atoms with van der Waals surface area (Å²) < 4.78 is 10.6. The summed E-state index contributed by atoms with van der Waals surface area (Å²) in [5.41, 5.74) is 0. The highest BCUT2D eigenvalue weighted by molar-refractivity contribution is 5.90. The Bertz CT molecular complexity index is 500. The topological polar surface area (TPSA) is 101 Å². The summed E-state index contributed by atoms with van der Waals surface area (Å²) in [5, 5.41) is 16.2. The molecule has 2 aliphatic rings. The summed E-state index contributed by atoms with van der Waals surface area (Å²) in [7, 11) is 0. The lowest BCUT2D eigenvalue weighted by Gasteiger charge is -2.36. The normalized spacial score (nSPS) is 29.8. The van der Waals surface area contributed by atoms with E-state index in [9.17, 15) is 9.90 Å². The van der Waals surface area contributed by atoms with Crippen molar-refractivity contribution in [2.75, 3.05) is 26.3 Å². The summed E-state index contributed by atoms with van der Waals surface area (Å²) in [5.74, 6) is 0.261. The van der Waals surface area contributed by atoms with Crippen molar-refractivity contribution in [3.8, 4) is 0 Å². The molecule has 3 heterocycles. The van der Waals surface area contributed by atoms with E-state index in [1.165, 1.54) is 0 Å². The van der Waals surface area contributed by atoms with Crippen LogP contribution in [-0.4, -0.2) is 64.5 Å². The Morgan fingerprint density at radius 2 is 2.43 bits per heavy atom. The van der Waals surface area contributed by atoms with E-state index in [0.29, 0.717) is 19.0 Å². The Balaban J connectivity index is 1.71. The second kappa shape index (κ2) is 6.08. The van der Waals surface area contributed by atoms with E-state index in [-0.39, 0.29) is 36.5 Å². The molecule has 3 rings (SSSR count). The number of ether oxygens (including phenoxy) is 1. The first-order valence-electron chi connectivity index (χ1n) is 7.29. The van der Waals surface area contributed by atoms with Crippen molar-refractivity contribution in [2.24, 2.45) is 0 Å². The Hall–Kier alpha value is -1.51. The highest BCUT2D eigenvalue weighted by Crippen LogP contribution is 2.22. The van der Waals surface area contributed by atoms with Gasteiger partial charge < -0.3 is 24.6 Å². The molecule has 0 spiro atoms. The molecule has 8 nitrogen and oxygen atoms in total. The number of morpholine rings is 1. The summed E-state index contributed by atoms with van der Waals surface area (Å²) in [6, 6.07) is -0.0294. The van der Waals surface area contributed by atoms with Crippen LogP contribution in [0.25, 0.3) is 0 Å². The number of amides is 1. The average Bonchev–Trinajstić information content (AvgIpc) is 3.18. The fourth-order valence-electron chi connectivity index (χ4n) is 2.70. The van der Waals surface area contributed by atoms with Gasteiger partial charge in [-0.1, -0.05) is 5.16 Å². The first-order valence-corrected chi connectivity index (χ1v) is 7.29. The van der Waals surface area contributed by atoms with Gasteiger partial charge in [-0.15, -0.1) is 0 Å². The van der Waals surface area contributed by atoms with Gasteiger partial charge in [-0.3, -0.25) is 4.79 Å². The fraction of sp³-hybridized carbons (Fsp3) is 0.769. The molecule has 0 saturated carbocycles. The lowest BCUT2D eigenvalue weighted by molar-refractivity contribution is -0.0670. The van der Waals surface area contributed by atoms with Gasteiger partial charge in [0, 0.05) is 6.54 Å². The minimum atomic E-state index is -0.354. The van der Waals surface area contributed by atoms with E-state index in [4.69, 9.17) is 9.26 Å². The second-order valence-electron chi connectivity index (χ2n) is 5.55. The first kappa shape index (κ1) is 14.4. The molecule has 8 heteroatoms. The number of nitrogens with one attached hydrogen (secondary N) is 1. The van der Waals surface area contributed by atoms with Gasteiger partial charge in [0.15, 0.2) is 0 Å². The van der Waals surface area contributed by atoms with Gasteiger partial charge in [-0.25, -0.2) is 0 Å². The quantitative estimate of drug-likeness (QED) is 0.790. The Kier molecular flexibility index (Phi) is 4.18. The van der Waals surface area contributed by atoms with Gasteiger partial charge in [0.05, 0.1) is 31.4 Å².